The first-order chi connectivity index (χ1) is 16.9. The fourth-order valence-electron chi connectivity index (χ4n) is 4.50. The van der Waals surface area contributed by atoms with Crippen LogP contribution in [0, 0.1) is 0 Å². The molecule has 0 aromatic heterocycles. The number of amides is 1. The highest BCUT2D eigenvalue weighted by atomic mass is 35.5. The van der Waals surface area contributed by atoms with E-state index < -0.39 is 17.7 Å². The minimum Gasteiger partial charge on any atom is -0.507 e. The topological polar surface area (TPSA) is 70.1 Å². The molecule has 1 atom stereocenters. The van der Waals surface area contributed by atoms with Crippen molar-refractivity contribution in [2.24, 2.45) is 0 Å². The van der Waals surface area contributed by atoms with Crippen molar-refractivity contribution >= 4 is 40.7 Å². The Labute approximate surface area is 223 Å². The number of hydrogen-bond acceptors (Lipinski definition) is 5. The van der Waals surface area contributed by atoms with Crippen molar-refractivity contribution < 1.29 is 19.4 Å². The molecule has 8 heteroatoms. The second kappa shape index (κ2) is 11.2. The summed E-state index contributed by atoms with van der Waals surface area (Å²) in [6, 6.07) is 10.0. The number of benzene rings is 2. The van der Waals surface area contributed by atoms with Crippen LogP contribution in [0.3, 0.4) is 0 Å². The van der Waals surface area contributed by atoms with Crippen molar-refractivity contribution in [3.63, 3.8) is 0 Å². The Bertz CT molecular complexity index is 1170. The number of carbonyl (C=O) groups is 2. The van der Waals surface area contributed by atoms with Gasteiger partial charge in [0, 0.05) is 18.1 Å². The number of halogens is 2. The van der Waals surface area contributed by atoms with Crippen LogP contribution in [0.5, 0.6) is 5.75 Å². The van der Waals surface area contributed by atoms with E-state index in [9.17, 15) is 14.7 Å². The number of rotatable bonds is 8. The van der Waals surface area contributed by atoms with Gasteiger partial charge in [-0.2, -0.15) is 0 Å². The van der Waals surface area contributed by atoms with E-state index in [0.717, 1.165) is 24.2 Å². The lowest BCUT2D eigenvalue weighted by Crippen LogP contribution is -2.38. The van der Waals surface area contributed by atoms with Gasteiger partial charge >= 0.3 is 0 Å². The molecule has 6 nitrogen and oxygen atoms in total. The van der Waals surface area contributed by atoms with Crippen LogP contribution in [0.25, 0.3) is 5.76 Å². The molecule has 1 N–H and O–H groups in total. The number of likely N-dealkylation sites (tertiary alicyclic amines) is 1. The maximum Gasteiger partial charge on any atom is 0.295 e. The molecule has 0 spiro atoms. The minimum absolute atomic E-state index is 0.0142. The Balaban J connectivity index is 2.20. The van der Waals surface area contributed by atoms with Gasteiger partial charge in [-0.3, -0.25) is 9.59 Å². The molecule has 1 heterocycles. The summed E-state index contributed by atoms with van der Waals surface area (Å²) >= 11 is 12.5. The van der Waals surface area contributed by atoms with Gasteiger partial charge in [0.05, 0.1) is 29.3 Å². The predicted octanol–water partition coefficient (Wildman–Crippen LogP) is 6.06. The van der Waals surface area contributed by atoms with Gasteiger partial charge in [-0.1, -0.05) is 82.1 Å². The lowest BCUT2D eigenvalue weighted by atomic mass is 9.85. The molecule has 36 heavy (non-hydrogen) atoms. The van der Waals surface area contributed by atoms with Crippen LogP contribution in [0.4, 0.5) is 0 Å². The standard InChI is InChI=1S/C28H34Cl2N2O4/c1-7-31(8-2)13-14-32-23(17-9-11-18(12-10-17)28(3,4)5)22(25(34)27(32)35)24(33)20-15-19(29)16-21(30)26(20)36-6/h9-12,15-16,23,33H,7-8,13-14H2,1-6H3/b24-22+. The Kier molecular flexibility index (Phi) is 8.75. The molecule has 2 aromatic carbocycles. The van der Waals surface area contributed by atoms with Gasteiger partial charge < -0.3 is 19.6 Å². The number of methoxy groups -OCH3 is 1. The second-order valence-corrected chi connectivity index (χ2v) is 10.7. The fourth-order valence-corrected chi connectivity index (χ4v) is 5.07. The zero-order chi connectivity index (χ0) is 26.8. The first-order valence-corrected chi connectivity index (χ1v) is 12.8. The quantitative estimate of drug-likeness (QED) is 0.254. The van der Waals surface area contributed by atoms with Crippen molar-refractivity contribution in [1.29, 1.82) is 0 Å². The summed E-state index contributed by atoms with van der Waals surface area (Å²) in [6.07, 6.45) is 0. The molecule has 0 bridgehead atoms. The maximum absolute atomic E-state index is 13.4. The van der Waals surface area contributed by atoms with E-state index in [4.69, 9.17) is 27.9 Å². The molecular weight excluding hydrogens is 499 g/mol. The van der Waals surface area contributed by atoms with Crippen LogP contribution in [0.2, 0.25) is 10.0 Å². The molecule has 1 fully saturated rings. The summed E-state index contributed by atoms with van der Waals surface area (Å²) in [5, 5.41) is 11.9. The third-order valence-corrected chi connectivity index (χ3v) is 7.15. The van der Waals surface area contributed by atoms with Gasteiger partial charge in [0.15, 0.2) is 0 Å². The van der Waals surface area contributed by atoms with Crippen molar-refractivity contribution in [1.82, 2.24) is 9.80 Å². The van der Waals surface area contributed by atoms with E-state index in [1.807, 2.05) is 24.3 Å². The fraction of sp³-hybridized carbons (Fsp3) is 0.429. The molecule has 194 valence electrons. The average Bonchev–Trinajstić information content (AvgIpc) is 3.08. The Morgan fingerprint density at radius 1 is 1.08 bits per heavy atom. The molecule has 3 rings (SSSR count). The zero-order valence-corrected chi connectivity index (χ0v) is 23.2. The number of carbonyl (C=O) groups excluding carboxylic acids is 2. The monoisotopic (exact) mass is 532 g/mol. The molecule has 2 aromatic rings. The normalized spacial score (nSPS) is 17.8. The van der Waals surface area contributed by atoms with Crippen molar-refractivity contribution in [3.05, 3.63) is 68.7 Å². The van der Waals surface area contributed by atoms with E-state index >= 15 is 0 Å². The van der Waals surface area contributed by atoms with Crippen molar-refractivity contribution in [2.75, 3.05) is 33.3 Å². The van der Waals surface area contributed by atoms with Gasteiger partial charge in [-0.15, -0.1) is 0 Å². The summed E-state index contributed by atoms with van der Waals surface area (Å²) in [5.41, 5.74) is 1.94. The Hall–Kier alpha value is -2.54. The maximum atomic E-state index is 13.4. The largest absolute Gasteiger partial charge is 0.507 e. The van der Waals surface area contributed by atoms with E-state index in [0.29, 0.717) is 13.1 Å². The van der Waals surface area contributed by atoms with Crippen LogP contribution in [-0.4, -0.2) is 59.9 Å². The molecule has 0 aliphatic carbocycles. The number of hydrogen-bond donors (Lipinski definition) is 1. The highest BCUT2D eigenvalue weighted by molar-refractivity contribution is 6.46. The molecule has 0 saturated carbocycles. The number of nitrogens with zero attached hydrogens (tertiary/aromatic N) is 2. The van der Waals surface area contributed by atoms with Crippen LogP contribution in [0.15, 0.2) is 42.0 Å². The number of ketones is 1. The van der Waals surface area contributed by atoms with Gasteiger partial charge in [-0.05, 0) is 41.8 Å². The van der Waals surface area contributed by atoms with E-state index in [1.165, 1.54) is 24.1 Å². The highest BCUT2D eigenvalue weighted by Gasteiger charge is 2.46. The van der Waals surface area contributed by atoms with Crippen molar-refractivity contribution in [3.8, 4) is 5.75 Å². The third kappa shape index (κ3) is 5.56. The van der Waals surface area contributed by atoms with Crippen LogP contribution >= 0.6 is 23.2 Å². The average molecular weight is 533 g/mol. The van der Waals surface area contributed by atoms with E-state index in [1.54, 1.807) is 0 Å². The first kappa shape index (κ1) is 28.0. The van der Waals surface area contributed by atoms with Gasteiger partial charge in [0.2, 0.25) is 0 Å². The molecular formula is C28H34Cl2N2O4. The van der Waals surface area contributed by atoms with Crippen LogP contribution < -0.4 is 4.74 Å². The summed E-state index contributed by atoms with van der Waals surface area (Å²) in [6.45, 7) is 13.0. The summed E-state index contributed by atoms with van der Waals surface area (Å²) < 4.78 is 5.40. The number of aliphatic hydroxyl groups is 1. The van der Waals surface area contributed by atoms with Gasteiger partial charge in [0.1, 0.15) is 11.5 Å². The smallest absolute Gasteiger partial charge is 0.295 e. The number of ether oxygens (including phenoxy) is 1. The Morgan fingerprint density at radius 2 is 1.69 bits per heavy atom. The second-order valence-electron chi connectivity index (χ2n) is 9.86. The predicted molar refractivity (Wildman–Crippen MR) is 145 cm³/mol. The van der Waals surface area contributed by atoms with Gasteiger partial charge in [0.25, 0.3) is 11.7 Å². The number of aliphatic hydroxyl groups excluding tert-OH is 1. The molecule has 0 radical (unpaired) electrons. The number of Topliss-reactive ketones (excluding diaryl/α,β-unsaturated/α-hetero) is 1. The Morgan fingerprint density at radius 3 is 2.22 bits per heavy atom. The lowest BCUT2D eigenvalue weighted by Gasteiger charge is -2.29. The zero-order valence-electron chi connectivity index (χ0n) is 21.7. The third-order valence-electron chi connectivity index (χ3n) is 6.65. The lowest BCUT2D eigenvalue weighted by molar-refractivity contribution is -0.140. The van der Waals surface area contributed by atoms with Crippen LogP contribution in [-0.2, 0) is 15.0 Å². The molecule has 1 amide bonds. The first-order valence-electron chi connectivity index (χ1n) is 12.1. The molecule has 1 aliphatic rings. The van der Waals surface area contributed by atoms with E-state index in [-0.39, 0.29) is 38.1 Å². The van der Waals surface area contributed by atoms with E-state index in [2.05, 4.69) is 39.5 Å². The minimum atomic E-state index is -0.767. The van der Waals surface area contributed by atoms with Gasteiger partial charge in [-0.25, -0.2) is 0 Å². The summed E-state index contributed by atoms with van der Waals surface area (Å²) in [4.78, 5) is 30.4. The summed E-state index contributed by atoms with van der Waals surface area (Å²) in [5.74, 6) is -1.60. The summed E-state index contributed by atoms with van der Waals surface area (Å²) in [7, 11) is 1.41. The van der Waals surface area contributed by atoms with Crippen LogP contribution in [0.1, 0.15) is 57.4 Å². The number of likely N-dealkylation sites (N-methyl/N-ethyl adjacent to an activating group) is 1. The van der Waals surface area contributed by atoms with Crippen molar-refractivity contribution in [2.45, 2.75) is 46.1 Å². The molecule has 1 unspecified atom stereocenters. The SMILES string of the molecule is CCN(CC)CCN1C(=O)C(=O)/C(=C(/O)c2cc(Cl)cc(Cl)c2OC)C1c1ccc(C(C)(C)C)cc1. The highest BCUT2D eigenvalue weighted by Crippen LogP contribution is 2.43. The molecule has 1 aliphatic heterocycles. The molecule has 1 saturated heterocycles.